The highest BCUT2D eigenvalue weighted by Crippen LogP contribution is 2.57. The van der Waals surface area contributed by atoms with E-state index in [1.54, 1.807) is 13.8 Å². The van der Waals surface area contributed by atoms with Crippen molar-refractivity contribution in [1.29, 1.82) is 0 Å². The average Bonchev–Trinajstić information content (AvgIpc) is 3.23. The van der Waals surface area contributed by atoms with Crippen LogP contribution in [0, 0.1) is 12.8 Å². The van der Waals surface area contributed by atoms with Crippen LogP contribution in [0.2, 0.25) is 0 Å². The summed E-state index contributed by atoms with van der Waals surface area (Å²) in [6, 6.07) is 12.3. The molecule has 3 aromatic rings. The molecule has 0 bridgehead atoms. The molecule has 1 amide bonds. The minimum atomic E-state index is -0.692. The lowest BCUT2D eigenvalue weighted by molar-refractivity contribution is 0.0863. The number of aliphatic hydroxyl groups is 1. The van der Waals surface area contributed by atoms with Gasteiger partial charge >= 0.3 is 0 Å². The largest absolute Gasteiger partial charge is 0.394 e. The van der Waals surface area contributed by atoms with E-state index < -0.39 is 5.54 Å². The molecule has 0 radical (unpaired) electrons. The molecular weight excluding hydrogens is 376 g/mol. The molecule has 30 heavy (non-hydrogen) atoms. The van der Waals surface area contributed by atoms with Gasteiger partial charge in [0.05, 0.1) is 17.8 Å². The van der Waals surface area contributed by atoms with Gasteiger partial charge in [0.1, 0.15) is 0 Å². The molecule has 2 aromatic heterocycles. The van der Waals surface area contributed by atoms with Gasteiger partial charge in [-0.1, -0.05) is 24.3 Å². The number of fused-ring (bicyclic) bond motifs is 3. The quantitative estimate of drug-likeness (QED) is 0.685. The summed E-state index contributed by atoms with van der Waals surface area (Å²) in [5.74, 6) is 1.59. The van der Waals surface area contributed by atoms with Crippen molar-refractivity contribution in [2.75, 3.05) is 6.61 Å². The van der Waals surface area contributed by atoms with Crippen LogP contribution in [0.5, 0.6) is 0 Å². The summed E-state index contributed by atoms with van der Waals surface area (Å²) in [5, 5.41) is 17.1. The zero-order chi connectivity index (χ0) is 21.0. The number of rotatable bonds is 5. The Morgan fingerprint density at radius 1 is 1.27 bits per heavy atom. The number of nitrogens with one attached hydrogen (secondary N) is 1. The molecule has 1 saturated carbocycles. The first kappa shape index (κ1) is 19.0. The van der Waals surface area contributed by atoms with Crippen LogP contribution in [-0.2, 0) is 6.42 Å². The minimum absolute atomic E-state index is 0.130. The summed E-state index contributed by atoms with van der Waals surface area (Å²) < 4.78 is 1.86. The zero-order valence-electron chi connectivity index (χ0n) is 17.5. The molecule has 0 saturated heterocycles. The van der Waals surface area contributed by atoms with E-state index in [0.29, 0.717) is 17.5 Å². The number of benzene rings is 1. The molecular formula is C24H26N4O2. The van der Waals surface area contributed by atoms with Gasteiger partial charge in [-0.25, -0.2) is 9.67 Å². The van der Waals surface area contributed by atoms with Gasteiger partial charge in [0.15, 0.2) is 11.5 Å². The molecule has 2 aliphatic carbocycles. The van der Waals surface area contributed by atoms with Crippen LogP contribution in [0.25, 0.3) is 16.9 Å². The van der Waals surface area contributed by atoms with E-state index >= 15 is 0 Å². The van der Waals surface area contributed by atoms with Crippen LogP contribution >= 0.6 is 0 Å². The number of aromatic nitrogens is 3. The molecule has 2 heterocycles. The lowest BCUT2D eigenvalue weighted by Crippen LogP contribution is -2.46. The summed E-state index contributed by atoms with van der Waals surface area (Å²) in [6.07, 6.45) is 3.92. The second-order valence-corrected chi connectivity index (χ2v) is 9.15. The van der Waals surface area contributed by atoms with Gasteiger partial charge in [-0.15, -0.1) is 0 Å². The number of aryl methyl sites for hydroxylation is 1. The second-order valence-electron chi connectivity index (χ2n) is 9.15. The summed E-state index contributed by atoms with van der Waals surface area (Å²) >= 11 is 0. The molecule has 2 N–H and O–H groups in total. The maximum absolute atomic E-state index is 12.9. The Bertz CT molecular complexity index is 1130. The lowest BCUT2D eigenvalue weighted by atomic mass is 10.0. The van der Waals surface area contributed by atoms with Crippen molar-refractivity contribution in [2.24, 2.45) is 5.92 Å². The summed E-state index contributed by atoms with van der Waals surface area (Å²) in [6.45, 7) is 5.56. The number of amides is 1. The maximum atomic E-state index is 12.9. The molecule has 1 fully saturated rings. The predicted octanol–water partition coefficient (Wildman–Crippen LogP) is 3.40. The van der Waals surface area contributed by atoms with Crippen LogP contribution in [0.15, 0.2) is 42.6 Å². The molecule has 1 aromatic carbocycles. The van der Waals surface area contributed by atoms with Crippen LogP contribution in [0.1, 0.15) is 53.5 Å². The fourth-order valence-corrected chi connectivity index (χ4v) is 4.45. The molecule has 6 nitrogen and oxygen atoms in total. The van der Waals surface area contributed by atoms with Gasteiger partial charge in [0.25, 0.3) is 5.91 Å². The minimum Gasteiger partial charge on any atom is -0.394 e. The van der Waals surface area contributed by atoms with Gasteiger partial charge in [0, 0.05) is 23.2 Å². The fourth-order valence-electron chi connectivity index (χ4n) is 4.45. The van der Waals surface area contributed by atoms with Crippen molar-refractivity contribution < 1.29 is 9.90 Å². The molecule has 2 aliphatic rings. The number of hydrogen-bond acceptors (Lipinski definition) is 4. The van der Waals surface area contributed by atoms with E-state index in [0.717, 1.165) is 41.0 Å². The van der Waals surface area contributed by atoms with Crippen LogP contribution < -0.4 is 5.32 Å². The van der Waals surface area contributed by atoms with Crippen molar-refractivity contribution in [1.82, 2.24) is 20.1 Å². The van der Waals surface area contributed by atoms with Crippen molar-refractivity contribution in [3.05, 3.63) is 65.1 Å². The van der Waals surface area contributed by atoms with Crippen molar-refractivity contribution in [3.63, 3.8) is 0 Å². The van der Waals surface area contributed by atoms with E-state index in [-0.39, 0.29) is 12.5 Å². The van der Waals surface area contributed by atoms with Gasteiger partial charge in [-0.05, 0) is 62.8 Å². The molecule has 5 rings (SSSR count). The van der Waals surface area contributed by atoms with Gasteiger partial charge < -0.3 is 10.4 Å². The van der Waals surface area contributed by atoms with E-state index in [2.05, 4.69) is 40.5 Å². The highest BCUT2D eigenvalue weighted by Gasteiger charge is 2.50. The molecule has 2 atom stereocenters. The molecule has 0 aliphatic heterocycles. The Kier molecular flexibility index (Phi) is 4.29. The van der Waals surface area contributed by atoms with Crippen LogP contribution in [0.4, 0.5) is 0 Å². The average molecular weight is 402 g/mol. The number of carbonyl (C=O) groups excluding carboxylic acids is 1. The summed E-state index contributed by atoms with van der Waals surface area (Å²) in [5.41, 5.74) is 5.36. The van der Waals surface area contributed by atoms with Crippen molar-refractivity contribution in [2.45, 2.75) is 45.1 Å². The maximum Gasteiger partial charge on any atom is 0.272 e. The molecule has 0 spiro atoms. The highest BCUT2D eigenvalue weighted by molar-refractivity contribution is 5.95. The summed E-state index contributed by atoms with van der Waals surface area (Å²) in [7, 11) is 0. The standard InChI is InChI=1S/C24H26N4O2/c1-14-6-4-5-7-17(14)15-8-9-20(25-12-15)28-22-18-10-16(18)11-19(22)21(27-28)23(30)26-24(2,3)13-29/h4-9,12,16,18,29H,10-11,13H2,1-3H3,(H,26,30)/t16-,18-/m0/s1. The van der Waals surface area contributed by atoms with Crippen LogP contribution in [0.3, 0.4) is 0 Å². The first-order chi connectivity index (χ1) is 14.4. The Balaban J connectivity index is 1.51. The third kappa shape index (κ3) is 3.12. The number of hydrogen-bond donors (Lipinski definition) is 2. The normalized spacial score (nSPS) is 19.3. The van der Waals surface area contributed by atoms with Gasteiger partial charge in [0.2, 0.25) is 0 Å². The first-order valence-corrected chi connectivity index (χ1v) is 10.5. The highest BCUT2D eigenvalue weighted by atomic mass is 16.3. The van der Waals surface area contributed by atoms with Gasteiger partial charge in [-0.2, -0.15) is 5.10 Å². The monoisotopic (exact) mass is 402 g/mol. The molecule has 6 heteroatoms. The van der Waals surface area contributed by atoms with Gasteiger partial charge in [-0.3, -0.25) is 4.79 Å². The van der Waals surface area contributed by atoms with E-state index in [1.165, 1.54) is 5.56 Å². The molecule has 0 unspecified atom stereocenters. The Labute approximate surface area is 176 Å². The van der Waals surface area contributed by atoms with E-state index in [1.807, 2.05) is 29.1 Å². The number of carbonyl (C=O) groups is 1. The lowest BCUT2D eigenvalue weighted by Gasteiger charge is -2.23. The number of nitrogens with zero attached hydrogens (tertiary/aromatic N) is 3. The fraction of sp³-hybridized carbons (Fsp3) is 0.375. The topological polar surface area (TPSA) is 80.0 Å². The third-order valence-electron chi connectivity index (χ3n) is 6.25. The Morgan fingerprint density at radius 2 is 2.07 bits per heavy atom. The predicted molar refractivity (Wildman–Crippen MR) is 115 cm³/mol. The Hall–Kier alpha value is -2.99. The number of aliphatic hydroxyl groups excluding tert-OH is 1. The third-order valence-corrected chi connectivity index (χ3v) is 6.25. The van der Waals surface area contributed by atoms with Crippen molar-refractivity contribution >= 4 is 5.91 Å². The summed E-state index contributed by atoms with van der Waals surface area (Å²) in [4.78, 5) is 17.6. The first-order valence-electron chi connectivity index (χ1n) is 10.5. The van der Waals surface area contributed by atoms with E-state index in [4.69, 9.17) is 0 Å². The zero-order valence-corrected chi connectivity index (χ0v) is 17.5. The van der Waals surface area contributed by atoms with Crippen LogP contribution in [-0.4, -0.2) is 37.9 Å². The SMILES string of the molecule is Cc1ccccc1-c1ccc(-n2nc(C(=O)NC(C)(C)CO)c3c2[C@H]2C[C@H]2C3)nc1. The Morgan fingerprint density at radius 3 is 2.77 bits per heavy atom. The second kappa shape index (κ2) is 6.77. The van der Waals surface area contributed by atoms with E-state index in [9.17, 15) is 9.90 Å². The molecule has 154 valence electrons. The smallest absolute Gasteiger partial charge is 0.272 e. The van der Waals surface area contributed by atoms with Crippen molar-refractivity contribution in [3.8, 4) is 16.9 Å². The number of pyridine rings is 1.